The molecule has 3 nitrogen and oxygen atoms in total. The highest BCUT2D eigenvalue weighted by Crippen LogP contribution is 2.33. The van der Waals surface area contributed by atoms with E-state index < -0.39 is 0 Å². The van der Waals surface area contributed by atoms with Crippen LogP contribution in [0.4, 0.5) is 0 Å². The average Bonchev–Trinajstić information content (AvgIpc) is 2.41. The summed E-state index contributed by atoms with van der Waals surface area (Å²) < 4.78 is 2.83. The fourth-order valence-electron chi connectivity index (χ4n) is 1.45. The molecule has 11 heavy (non-hydrogen) atoms. The van der Waals surface area contributed by atoms with Crippen molar-refractivity contribution in [1.82, 2.24) is 9.78 Å². The van der Waals surface area contributed by atoms with Gasteiger partial charge in [-0.2, -0.15) is 5.10 Å². The Labute approximate surface area is 73.2 Å². The van der Waals surface area contributed by atoms with Crippen LogP contribution >= 0.6 is 15.9 Å². The lowest BCUT2D eigenvalue weighted by atomic mass is 10.2. The zero-order chi connectivity index (χ0) is 8.01. The molecule has 0 saturated carbocycles. The molecule has 0 amide bonds. The second-order valence-corrected chi connectivity index (χ2v) is 3.61. The predicted octanol–water partition coefficient (Wildman–Crippen LogP) is 1.39. The molecule has 1 aromatic heterocycles. The van der Waals surface area contributed by atoms with Gasteiger partial charge in [-0.1, -0.05) is 0 Å². The topological polar surface area (TPSA) is 38.0 Å². The number of aliphatic hydroxyl groups is 1. The fraction of sp³-hybridized carbons (Fsp3) is 0.571. The Balaban J connectivity index is 2.58. The normalized spacial score (nSPS) is 22.3. The summed E-state index contributed by atoms with van der Waals surface area (Å²) in [5, 5.41) is 13.7. The van der Waals surface area contributed by atoms with Gasteiger partial charge in [-0.3, -0.25) is 4.68 Å². The van der Waals surface area contributed by atoms with E-state index in [4.69, 9.17) is 0 Å². The van der Waals surface area contributed by atoms with Gasteiger partial charge in [0, 0.05) is 6.54 Å². The first-order valence-corrected chi connectivity index (χ1v) is 4.40. The summed E-state index contributed by atoms with van der Waals surface area (Å²) in [6, 6.07) is 0. The summed E-state index contributed by atoms with van der Waals surface area (Å²) in [6.07, 6.45) is 0.465. The molecule has 0 fully saturated rings. The van der Waals surface area contributed by atoms with Crippen LogP contribution in [-0.2, 0) is 6.54 Å². The van der Waals surface area contributed by atoms with E-state index in [0.717, 1.165) is 28.8 Å². The van der Waals surface area contributed by atoms with Crippen molar-refractivity contribution in [3.63, 3.8) is 0 Å². The molecule has 1 aromatic rings. The van der Waals surface area contributed by atoms with Gasteiger partial charge in [-0.05, 0) is 29.3 Å². The smallest absolute Gasteiger partial charge is 0.0985 e. The highest BCUT2D eigenvalue weighted by Gasteiger charge is 2.25. The van der Waals surface area contributed by atoms with E-state index in [1.54, 1.807) is 0 Å². The largest absolute Gasteiger partial charge is 0.387 e. The maximum atomic E-state index is 9.48. The van der Waals surface area contributed by atoms with E-state index in [1.165, 1.54) is 0 Å². The zero-order valence-electron chi connectivity index (χ0n) is 6.21. The van der Waals surface area contributed by atoms with E-state index in [2.05, 4.69) is 21.0 Å². The lowest BCUT2D eigenvalue weighted by Gasteiger charge is -1.98. The SMILES string of the molecule is Cc1nn2c(c1Br)C(O)CC2. The summed E-state index contributed by atoms with van der Waals surface area (Å²) in [5.74, 6) is 0. The van der Waals surface area contributed by atoms with Crippen LogP contribution in [0.1, 0.15) is 23.9 Å². The summed E-state index contributed by atoms with van der Waals surface area (Å²) in [7, 11) is 0. The van der Waals surface area contributed by atoms with Gasteiger partial charge in [0.25, 0.3) is 0 Å². The van der Waals surface area contributed by atoms with E-state index in [9.17, 15) is 5.11 Å². The number of halogens is 1. The first-order chi connectivity index (χ1) is 5.20. The number of rotatable bonds is 0. The molecule has 1 N–H and O–H groups in total. The zero-order valence-corrected chi connectivity index (χ0v) is 7.80. The molecule has 60 valence electrons. The highest BCUT2D eigenvalue weighted by atomic mass is 79.9. The highest BCUT2D eigenvalue weighted by molar-refractivity contribution is 9.10. The monoisotopic (exact) mass is 216 g/mol. The molecular formula is C7H9BrN2O. The standard InChI is InChI=1S/C7H9BrN2O/c1-4-6(8)7-5(11)2-3-10(7)9-4/h5,11H,2-3H2,1H3. The number of fused-ring (bicyclic) bond motifs is 1. The molecule has 0 aromatic carbocycles. The number of aliphatic hydroxyl groups excluding tert-OH is 1. The van der Waals surface area contributed by atoms with Gasteiger partial charge >= 0.3 is 0 Å². The van der Waals surface area contributed by atoms with Crippen LogP contribution in [0.25, 0.3) is 0 Å². The van der Waals surface area contributed by atoms with Crippen LogP contribution in [-0.4, -0.2) is 14.9 Å². The van der Waals surface area contributed by atoms with Crippen LogP contribution in [0, 0.1) is 6.92 Å². The van der Waals surface area contributed by atoms with Crippen LogP contribution < -0.4 is 0 Å². The first-order valence-electron chi connectivity index (χ1n) is 3.61. The van der Waals surface area contributed by atoms with Crippen molar-refractivity contribution in [2.24, 2.45) is 0 Å². The third-order valence-electron chi connectivity index (χ3n) is 2.02. The first kappa shape index (κ1) is 7.31. The molecule has 0 saturated heterocycles. The van der Waals surface area contributed by atoms with E-state index in [-0.39, 0.29) is 6.10 Å². The molecule has 1 atom stereocenters. The number of hydrogen-bond donors (Lipinski definition) is 1. The second kappa shape index (κ2) is 2.32. The van der Waals surface area contributed by atoms with Crippen molar-refractivity contribution < 1.29 is 5.11 Å². The maximum Gasteiger partial charge on any atom is 0.0985 e. The Morgan fingerprint density at radius 3 is 3.09 bits per heavy atom. The van der Waals surface area contributed by atoms with Gasteiger partial charge in [0.2, 0.25) is 0 Å². The van der Waals surface area contributed by atoms with Crippen molar-refractivity contribution in [3.8, 4) is 0 Å². The fourth-order valence-corrected chi connectivity index (χ4v) is 2.00. The van der Waals surface area contributed by atoms with Gasteiger partial charge in [0.05, 0.1) is 22.0 Å². The Bertz CT molecular complexity index is 295. The molecular weight excluding hydrogens is 208 g/mol. The van der Waals surface area contributed by atoms with Crippen molar-refractivity contribution in [3.05, 3.63) is 15.9 Å². The second-order valence-electron chi connectivity index (χ2n) is 2.81. The van der Waals surface area contributed by atoms with Gasteiger partial charge < -0.3 is 5.11 Å². The van der Waals surface area contributed by atoms with Crippen LogP contribution in [0.3, 0.4) is 0 Å². The molecule has 0 radical (unpaired) electrons. The number of nitrogens with zero attached hydrogens (tertiary/aromatic N) is 2. The minimum absolute atomic E-state index is 0.328. The van der Waals surface area contributed by atoms with E-state index >= 15 is 0 Å². The Morgan fingerprint density at radius 2 is 2.45 bits per heavy atom. The minimum Gasteiger partial charge on any atom is -0.387 e. The quantitative estimate of drug-likeness (QED) is 0.713. The van der Waals surface area contributed by atoms with E-state index in [1.807, 2.05) is 11.6 Å². The third kappa shape index (κ3) is 0.929. The van der Waals surface area contributed by atoms with Gasteiger partial charge in [-0.25, -0.2) is 0 Å². The molecule has 1 aliphatic rings. The maximum absolute atomic E-state index is 9.48. The molecule has 2 rings (SSSR count). The molecule has 0 bridgehead atoms. The minimum atomic E-state index is -0.328. The molecule has 2 heterocycles. The predicted molar refractivity (Wildman–Crippen MR) is 44.2 cm³/mol. The average molecular weight is 217 g/mol. The Morgan fingerprint density at radius 1 is 1.73 bits per heavy atom. The third-order valence-corrected chi connectivity index (χ3v) is 3.00. The Kier molecular flexibility index (Phi) is 1.54. The lowest BCUT2D eigenvalue weighted by molar-refractivity contribution is 0.179. The molecule has 1 unspecified atom stereocenters. The Hall–Kier alpha value is -0.350. The number of hydrogen-bond acceptors (Lipinski definition) is 2. The van der Waals surface area contributed by atoms with Gasteiger partial charge in [0.1, 0.15) is 0 Å². The van der Waals surface area contributed by atoms with Crippen LogP contribution in [0.2, 0.25) is 0 Å². The van der Waals surface area contributed by atoms with Crippen molar-refractivity contribution in [1.29, 1.82) is 0 Å². The molecule has 0 spiro atoms. The van der Waals surface area contributed by atoms with Crippen LogP contribution in [0.5, 0.6) is 0 Å². The summed E-state index contributed by atoms with van der Waals surface area (Å²) in [4.78, 5) is 0. The van der Waals surface area contributed by atoms with Crippen molar-refractivity contribution in [2.45, 2.75) is 26.0 Å². The molecule has 4 heteroatoms. The van der Waals surface area contributed by atoms with Crippen LogP contribution in [0.15, 0.2) is 4.47 Å². The summed E-state index contributed by atoms with van der Waals surface area (Å²) in [6.45, 7) is 2.77. The van der Waals surface area contributed by atoms with Gasteiger partial charge in [-0.15, -0.1) is 0 Å². The van der Waals surface area contributed by atoms with Gasteiger partial charge in [0.15, 0.2) is 0 Å². The van der Waals surface area contributed by atoms with Crippen molar-refractivity contribution in [2.75, 3.05) is 0 Å². The number of aryl methyl sites for hydroxylation is 2. The molecule has 0 aliphatic carbocycles. The summed E-state index contributed by atoms with van der Waals surface area (Å²) in [5.41, 5.74) is 1.89. The lowest BCUT2D eigenvalue weighted by Crippen LogP contribution is -1.94. The molecule has 1 aliphatic heterocycles. The van der Waals surface area contributed by atoms with E-state index in [0.29, 0.717) is 0 Å². The summed E-state index contributed by atoms with van der Waals surface area (Å²) >= 11 is 3.40. The number of aromatic nitrogens is 2. The van der Waals surface area contributed by atoms with Crippen molar-refractivity contribution >= 4 is 15.9 Å².